The second-order valence-corrected chi connectivity index (χ2v) is 7.69. The topological polar surface area (TPSA) is 37.4 Å². The summed E-state index contributed by atoms with van der Waals surface area (Å²) in [5.41, 5.74) is 1.19. The molecule has 1 saturated heterocycles. The van der Waals surface area contributed by atoms with Gasteiger partial charge in [0.2, 0.25) is 0 Å². The molecule has 1 aliphatic carbocycles. The SMILES string of the molecule is Cc1nc(N2CCOC3CCCC32)sc1CNCC(C)C. The third-order valence-corrected chi connectivity index (χ3v) is 5.64. The van der Waals surface area contributed by atoms with Crippen LogP contribution >= 0.6 is 11.3 Å². The molecule has 0 bridgehead atoms. The van der Waals surface area contributed by atoms with Gasteiger partial charge in [0.25, 0.3) is 0 Å². The number of aryl methyl sites for hydroxylation is 1. The Morgan fingerprint density at radius 1 is 1.43 bits per heavy atom. The highest BCUT2D eigenvalue weighted by molar-refractivity contribution is 7.15. The van der Waals surface area contributed by atoms with Gasteiger partial charge in [0.1, 0.15) is 0 Å². The monoisotopic (exact) mass is 309 g/mol. The Bertz CT molecular complexity index is 474. The van der Waals surface area contributed by atoms with Gasteiger partial charge in [-0.3, -0.25) is 0 Å². The first-order valence-electron chi connectivity index (χ1n) is 8.20. The van der Waals surface area contributed by atoms with Crippen LogP contribution in [0.4, 0.5) is 5.13 Å². The third kappa shape index (κ3) is 3.41. The molecular weight excluding hydrogens is 282 g/mol. The summed E-state index contributed by atoms with van der Waals surface area (Å²) in [6.45, 7) is 10.5. The summed E-state index contributed by atoms with van der Waals surface area (Å²) in [6.07, 6.45) is 4.20. The molecule has 5 heteroatoms. The lowest BCUT2D eigenvalue weighted by atomic mass is 10.1. The van der Waals surface area contributed by atoms with Crippen molar-refractivity contribution in [2.24, 2.45) is 5.92 Å². The number of ether oxygens (including phenoxy) is 1. The molecule has 1 saturated carbocycles. The summed E-state index contributed by atoms with van der Waals surface area (Å²) in [7, 11) is 0. The van der Waals surface area contributed by atoms with Gasteiger partial charge in [0.15, 0.2) is 5.13 Å². The molecular formula is C16H27N3OS. The Kier molecular flexibility index (Phi) is 4.82. The van der Waals surface area contributed by atoms with Gasteiger partial charge >= 0.3 is 0 Å². The molecule has 2 fully saturated rings. The molecule has 2 heterocycles. The van der Waals surface area contributed by atoms with E-state index < -0.39 is 0 Å². The van der Waals surface area contributed by atoms with Crippen LogP contribution < -0.4 is 10.2 Å². The van der Waals surface area contributed by atoms with E-state index in [0.29, 0.717) is 18.1 Å². The summed E-state index contributed by atoms with van der Waals surface area (Å²) in [4.78, 5) is 8.73. The van der Waals surface area contributed by atoms with E-state index in [1.54, 1.807) is 0 Å². The zero-order valence-electron chi connectivity index (χ0n) is 13.4. The number of hydrogen-bond donors (Lipinski definition) is 1. The van der Waals surface area contributed by atoms with Gasteiger partial charge < -0.3 is 15.0 Å². The number of aromatic nitrogens is 1. The van der Waals surface area contributed by atoms with Crippen molar-refractivity contribution < 1.29 is 4.74 Å². The molecule has 2 aliphatic rings. The standard InChI is InChI=1S/C16H27N3OS/c1-11(2)9-17-10-15-12(3)18-16(21-15)19-7-8-20-14-6-4-5-13(14)19/h11,13-14,17H,4-10H2,1-3H3. The van der Waals surface area contributed by atoms with Crippen LogP contribution in [-0.4, -0.2) is 36.8 Å². The zero-order valence-corrected chi connectivity index (χ0v) is 14.2. The van der Waals surface area contributed by atoms with Crippen LogP contribution in [0.2, 0.25) is 0 Å². The van der Waals surface area contributed by atoms with E-state index in [0.717, 1.165) is 26.2 Å². The minimum absolute atomic E-state index is 0.436. The number of hydrogen-bond acceptors (Lipinski definition) is 5. The number of rotatable bonds is 5. The fraction of sp³-hybridized carbons (Fsp3) is 0.812. The van der Waals surface area contributed by atoms with Gasteiger partial charge in [-0.2, -0.15) is 0 Å². The van der Waals surface area contributed by atoms with E-state index in [1.165, 1.54) is 35.0 Å². The molecule has 4 nitrogen and oxygen atoms in total. The quantitative estimate of drug-likeness (QED) is 0.907. The van der Waals surface area contributed by atoms with Crippen molar-refractivity contribution in [1.82, 2.24) is 10.3 Å². The highest BCUT2D eigenvalue weighted by Crippen LogP contribution is 2.35. The first kappa shape index (κ1) is 15.3. The second kappa shape index (κ2) is 6.63. The molecule has 1 aliphatic heterocycles. The maximum absolute atomic E-state index is 5.90. The lowest BCUT2D eigenvalue weighted by Crippen LogP contribution is -2.48. The van der Waals surface area contributed by atoms with Crippen LogP contribution in [0.25, 0.3) is 0 Å². The van der Waals surface area contributed by atoms with E-state index in [4.69, 9.17) is 9.72 Å². The molecule has 1 aromatic heterocycles. The molecule has 1 N–H and O–H groups in total. The largest absolute Gasteiger partial charge is 0.374 e. The molecule has 0 radical (unpaired) electrons. The molecule has 2 atom stereocenters. The first-order chi connectivity index (χ1) is 10.1. The van der Waals surface area contributed by atoms with Gasteiger partial charge in [0.05, 0.1) is 24.4 Å². The van der Waals surface area contributed by atoms with Crippen molar-refractivity contribution in [2.75, 3.05) is 24.6 Å². The van der Waals surface area contributed by atoms with Crippen molar-refractivity contribution >= 4 is 16.5 Å². The van der Waals surface area contributed by atoms with Crippen LogP contribution in [0.3, 0.4) is 0 Å². The van der Waals surface area contributed by atoms with Gasteiger partial charge in [-0.25, -0.2) is 4.98 Å². The summed E-state index contributed by atoms with van der Waals surface area (Å²) in [6, 6.07) is 0.556. The maximum atomic E-state index is 5.90. The van der Waals surface area contributed by atoms with Gasteiger partial charge in [0, 0.05) is 18.0 Å². The number of nitrogens with zero attached hydrogens (tertiary/aromatic N) is 2. The number of anilines is 1. The fourth-order valence-electron chi connectivity index (χ4n) is 3.34. The third-order valence-electron chi connectivity index (χ3n) is 4.45. The number of morpholine rings is 1. The minimum Gasteiger partial charge on any atom is -0.374 e. The Balaban J connectivity index is 1.68. The summed E-state index contributed by atoms with van der Waals surface area (Å²) < 4.78 is 5.90. The Hall–Kier alpha value is -0.650. The van der Waals surface area contributed by atoms with Gasteiger partial charge in [-0.1, -0.05) is 13.8 Å². The lowest BCUT2D eigenvalue weighted by molar-refractivity contribution is 0.0256. The summed E-state index contributed by atoms with van der Waals surface area (Å²) in [5, 5.41) is 4.73. The molecule has 0 amide bonds. The van der Waals surface area contributed by atoms with Crippen LogP contribution in [0.1, 0.15) is 43.7 Å². The normalized spacial score (nSPS) is 25.6. The van der Waals surface area contributed by atoms with E-state index >= 15 is 0 Å². The number of fused-ring (bicyclic) bond motifs is 1. The predicted molar refractivity (Wildman–Crippen MR) is 88.1 cm³/mol. The van der Waals surface area contributed by atoms with E-state index in [-0.39, 0.29) is 0 Å². The number of thiazole rings is 1. The fourth-order valence-corrected chi connectivity index (χ4v) is 4.45. The zero-order chi connectivity index (χ0) is 14.8. The molecule has 3 rings (SSSR count). The molecule has 21 heavy (non-hydrogen) atoms. The van der Waals surface area contributed by atoms with Crippen molar-refractivity contribution in [3.63, 3.8) is 0 Å². The molecule has 118 valence electrons. The Morgan fingerprint density at radius 2 is 2.29 bits per heavy atom. The summed E-state index contributed by atoms with van der Waals surface area (Å²) >= 11 is 1.86. The van der Waals surface area contributed by atoms with E-state index in [9.17, 15) is 0 Å². The van der Waals surface area contributed by atoms with Crippen molar-refractivity contribution in [2.45, 2.75) is 58.7 Å². The van der Waals surface area contributed by atoms with Crippen molar-refractivity contribution in [3.05, 3.63) is 10.6 Å². The Morgan fingerprint density at radius 3 is 3.10 bits per heavy atom. The number of nitrogens with one attached hydrogen (secondary N) is 1. The minimum atomic E-state index is 0.436. The average Bonchev–Trinajstić information content (AvgIpc) is 3.05. The van der Waals surface area contributed by atoms with Crippen LogP contribution in [0.5, 0.6) is 0 Å². The smallest absolute Gasteiger partial charge is 0.186 e. The van der Waals surface area contributed by atoms with Crippen molar-refractivity contribution in [1.29, 1.82) is 0 Å². The highest BCUT2D eigenvalue weighted by atomic mass is 32.1. The van der Waals surface area contributed by atoms with Crippen LogP contribution in [0, 0.1) is 12.8 Å². The van der Waals surface area contributed by atoms with E-state index in [1.807, 2.05) is 11.3 Å². The predicted octanol–water partition coefficient (Wildman–Crippen LogP) is 2.95. The van der Waals surface area contributed by atoms with Crippen LogP contribution in [-0.2, 0) is 11.3 Å². The van der Waals surface area contributed by atoms with Crippen LogP contribution in [0.15, 0.2) is 0 Å². The molecule has 0 aromatic carbocycles. The van der Waals surface area contributed by atoms with E-state index in [2.05, 4.69) is 31.0 Å². The molecule has 2 unspecified atom stereocenters. The molecule has 0 spiro atoms. The lowest BCUT2D eigenvalue weighted by Gasteiger charge is -2.37. The maximum Gasteiger partial charge on any atom is 0.186 e. The van der Waals surface area contributed by atoms with Gasteiger partial charge in [-0.05, 0) is 38.6 Å². The first-order valence-corrected chi connectivity index (χ1v) is 9.02. The second-order valence-electron chi connectivity index (χ2n) is 6.63. The molecule has 1 aromatic rings. The Labute approximate surface area is 131 Å². The summed E-state index contributed by atoms with van der Waals surface area (Å²) in [5.74, 6) is 0.691. The van der Waals surface area contributed by atoms with Gasteiger partial charge in [-0.15, -0.1) is 11.3 Å². The average molecular weight is 309 g/mol. The highest BCUT2D eigenvalue weighted by Gasteiger charge is 2.37. The van der Waals surface area contributed by atoms with Crippen molar-refractivity contribution in [3.8, 4) is 0 Å².